The van der Waals surface area contributed by atoms with Crippen molar-refractivity contribution in [1.82, 2.24) is 0 Å². The van der Waals surface area contributed by atoms with Crippen LogP contribution in [0.3, 0.4) is 0 Å². The zero-order valence-electron chi connectivity index (χ0n) is 17.0. The van der Waals surface area contributed by atoms with Crippen molar-refractivity contribution in [1.29, 1.82) is 0 Å². The third-order valence-electron chi connectivity index (χ3n) is 4.57. The highest BCUT2D eigenvalue weighted by Gasteiger charge is 2.12. The van der Waals surface area contributed by atoms with E-state index in [4.69, 9.17) is 9.47 Å². The van der Waals surface area contributed by atoms with Crippen LogP contribution in [0.1, 0.15) is 24.8 Å². The molecule has 0 unspecified atom stereocenters. The minimum atomic E-state index is 0.830. The average Bonchev–Trinajstić information content (AvgIpc) is 2.79. The fourth-order valence-electron chi connectivity index (χ4n) is 2.98. The van der Waals surface area contributed by atoms with Crippen LogP contribution >= 0.6 is 0 Å². The van der Waals surface area contributed by atoms with Gasteiger partial charge in [0, 0.05) is 29.0 Å². The van der Waals surface area contributed by atoms with E-state index in [9.17, 15) is 0 Å². The summed E-state index contributed by atoms with van der Waals surface area (Å²) in [5, 5.41) is 0. The number of hydrogen-bond donors (Lipinski definition) is 0. The van der Waals surface area contributed by atoms with E-state index in [1.165, 1.54) is 0 Å². The Balaban J connectivity index is 1.94. The van der Waals surface area contributed by atoms with Crippen LogP contribution in [0.25, 0.3) is 0 Å². The van der Waals surface area contributed by atoms with E-state index in [-0.39, 0.29) is 0 Å². The van der Waals surface area contributed by atoms with Gasteiger partial charge in [0.2, 0.25) is 0 Å². The second-order valence-corrected chi connectivity index (χ2v) is 6.54. The lowest BCUT2D eigenvalue weighted by molar-refractivity contribution is 0.415. The van der Waals surface area contributed by atoms with Gasteiger partial charge in [-0.25, -0.2) is 0 Å². The van der Waals surface area contributed by atoms with Crippen molar-refractivity contribution in [2.75, 3.05) is 19.1 Å². The van der Waals surface area contributed by atoms with Crippen molar-refractivity contribution >= 4 is 17.1 Å². The number of benzene rings is 3. The Bertz CT molecular complexity index is 901. The molecule has 3 aromatic carbocycles. The van der Waals surface area contributed by atoms with Gasteiger partial charge in [-0.15, -0.1) is 0 Å². The molecule has 0 bridgehead atoms. The van der Waals surface area contributed by atoms with Crippen molar-refractivity contribution < 1.29 is 9.47 Å². The van der Waals surface area contributed by atoms with Crippen LogP contribution in [-0.4, -0.2) is 14.2 Å². The summed E-state index contributed by atoms with van der Waals surface area (Å²) in [7, 11) is 3.35. The molecule has 0 aliphatic rings. The molecule has 29 heavy (non-hydrogen) atoms. The Labute approximate surface area is 173 Å². The summed E-state index contributed by atoms with van der Waals surface area (Å²) < 4.78 is 10.6. The van der Waals surface area contributed by atoms with Gasteiger partial charge in [-0.05, 0) is 79.2 Å². The highest BCUT2D eigenvalue weighted by Crippen LogP contribution is 2.36. The molecule has 0 saturated heterocycles. The summed E-state index contributed by atoms with van der Waals surface area (Å²) in [6.07, 6.45) is 2.84. The number of hydrogen-bond acceptors (Lipinski definition) is 3. The highest BCUT2D eigenvalue weighted by molar-refractivity contribution is 5.77. The lowest BCUT2D eigenvalue weighted by Gasteiger charge is -2.25. The lowest BCUT2D eigenvalue weighted by Crippen LogP contribution is -2.09. The lowest BCUT2D eigenvalue weighted by atomic mass is 10.1. The van der Waals surface area contributed by atoms with Crippen molar-refractivity contribution in [2.45, 2.75) is 19.3 Å². The Hall–Kier alpha value is -3.38. The fourth-order valence-corrected chi connectivity index (χ4v) is 2.98. The molecule has 3 nitrogen and oxygen atoms in total. The van der Waals surface area contributed by atoms with Crippen LogP contribution in [0.2, 0.25) is 0 Å². The summed E-state index contributed by atoms with van der Waals surface area (Å²) >= 11 is 0. The molecule has 0 aliphatic carbocycles. The molecule has 0 saturated carbocycles. The molecule has 3 rings (SSSR count). The second-order valence-electron chi connectivity index (χ2n) is 6.54. The van der Waals surface area contributed by atoms with Gasteiger partial charge in [0.1, 0.15) is 11.5 Å². The van der Waals surface area contributed by atoms with E-state index in [1.54, 1.807) is 14.2 Å². The summed E-state index contributed by atoms with van der Waals surface area (Å²) in [6, 6.07) is 24.4. The molecule has 3 aromatic rings. The number of anilines is 3. The molecule has 0 fully saturated rings. The zero-order valence-corrected chi connectivity index (χ0v) is 17.0. The fraction of sp³-hybridized carbons (Fsp3) is 0.192. The van der Waals surface area contributed by atoms with Gasteiger partial charge in [0.05, 0.1) is 14.2 Å². The predicted molar refractivity (Wildman–Crippen MR) is 120 cm³/mol. The quantitative estimate of drug-likeness (QED) is 0.341. The summed E-state index contributed by atoms with van der Waals surface area (Å²) in [5.74, 6) is 8.09. The second kappa shape index (κ2) is 10.2. The molecular formula is C26H26NO2. The minimum Gasteiger partial charge on any atom is -0.497 e. The standard InChI is InChI=1S/C26H26NO2/c1-4-5-6-7-8-21-9-11-22(12-10-21)27(23-13-17-25(28-2)18-14-23)24-15-19-26(29-3)20-16-24/h9-20H,1,4-6H2,2-3H3. The first-order valence-electron chi connectivity index (χ1n) is 9.71. The van der Waals surface area contributed by atoms with Gasteiger partial charge in [0.25, 0.3) is 0 Å². The SMILES string of the molecule is [CH2]CCCC#Cc1ccc(N(c2ccc(OC)cc2)c2ccc(OC)cc2)cc1. The third-order valence-corrected chi connectivity index (χ3v) is 4.57. The molecular weight excluding hydrogens is 358 g/mol. The number of ether oxygens (including phenoxy) is 2. The summed E-state index contributed by atoms with van der Waals surface area (Å²) in [5.41, 5.74) is 4.17. The number of nitrogens with zero attached hydrogens (tertiary/aromatic N) is 1. The van der Waals surface area contributed by atoms with E-state index >= 15 is 0 Å². The van der Waals surface area contributed by atoms with Gasteiger partial charge < -0.3 is 14.4 Å². The molecule has 0 aliphatic heterocycles. The van der Waals surface area contributed by atoms with E-state index in [0.29, 0.717) is 0 Å². The van der Waals surface area contributed by atoms with E-state index in [2.05, 4.69) is 72.2 Å². The monoisotopic (exact) mass is 384 g/mol. The number of unbranched alkanes of at least 4 members (excludes halogenated alkanes) is 2. The first kappa shape index (κ1) is 20.4. The third kappa shape index (κ3) is 5.33. The van der Waals surface area contributed by atoms with Gasteiger partial charge in [-0.1, -0.05) is 25.2 Å². The maximum atomic E-state index is 5.31. The molecule has 1 radical (unpaired) electrons. The summed E-state index contributed by atoms with van der Waals surface area (Å²) in [4.78, 5) is 2.19. The van der Waals surface area contributed by atoms with Crippen LogP contribution in [-0.2, 0) is 0 Å². The van der Waals surface area contributed by atoms with Crippen molar-refractivity contribution in [3.63, 3.8) is 0 Å². The van der Waals surface area contributed by atoms with Gasteiger partial charge in [0.15, 0.2) is 0 Å². The van der Waals surface area contributed by atoms with Crippen LogP contribution in [0.4, 0.5) is 17.1 Å². The van der Waals surface area contributed by atoms with Gasteiger partial charge >= 0.3 is 0 Å². The molecule has 147 valence electrons. The first-order chi connectivity index (χ1) is 14.2. The molecule has 3 heteroatoms. The first-order valence-corrected chi connectivity index (χ1v) is 9.71. The highest BCUT2D eigenvalue weighted by atomic mass is 16.5. The van der Waals surface area contributed by atoms with Crippen molar-refractivity contribution in [3.05, 3.63) is 85.3 Å². The Kier molecular flexibility index (Phi) is 7.19. The van der Waals surface area contributed by atoms with Crippen LogP contribution in [0, 0.1) is 18.8 Å². The van der Waals surface area contributed by atoms with Crippen LogP contribution in [0.5, 0.6) is 11.5 Å². The zero-order chi connectivity index (χ0) is 20.5. The molecule has 0 amide bonds. The molecule has 0 spiro atoms. The number of rotatable bonds is 7. The molecule has 0 atom stereocenters. The van der Waals surface area contributed by atoms with Crippen molar-refractivity contribution in [2.24, 2.45) is 0 Å². The smallest absolute Gasteiger partial charge is 0.119 e. The normalized spacial score (nSPS) is 10.0. The maximum Gasteiger partial charge on any atom is 0.119 e. The Morgan fingerprint density at radius 2 is 1.17 bits per heavy atom. The van der Waals surface area contributed by atoms with E-state index in [0.717, 1.165) is 53.4 Å². The molecule has 0 aromatic heterocycles. The van der Waals surface area contributed by atoms with E-state index in [1.807, 2.05) is 24.3 Å². The largest absolute Gasteiger partial charge is 0.497 e. The molecule has 0 heterocycles. The van der Waals surface area contributed by atoms with Gasteiger partial charge in [-0.3, -0.25) is 0 Å². The van der Waals surface area contributed by atoms with E-state index < -0.39 is 0 Å². The number of methoxy groups -OCH3 is 2. The Morgan fingerprint density at radius 3 is 1.59 bits per heavy atom. The average molecular weight is 384 g/mol. The van der Waals surface area contributed by atoms with Gasteiger partial charge in [-0.2, -0.15) is 0 Å². The van der Waals surface area contributed by atoms with Crippen molar-refractivity contribution in [3.8, 4) is 23.3 Å². The van der Waals surface area contributed by atoms with Crippen LogP contribution in [0.15, 0.2) is 72.8 Å². The maximum absolute atomic E-state index is 5.31. The Morgan fingerprint density at radius 1 is 0.724 bits per heavy atom. The predicted octanol–water partition coefficient (Wildman–Crippen LogP) is 6.53. The molecule has 0 N–H and O–H groups in total. The van der Waals surface area contributed by atoms with Crippen LogP contribution < -0.4 is 14.4 Å². The summed E-state index contributed by atoms with van der Waals surface area (Å²) in [6.45, 7) is 3.85. The minimum absolute atomic E-state index is 0.830. The topological polar surface area (TPSA) is 21.7 Å².